The molecule has 0 radical (unpaired) electrons. The van der Waals surface area contributed by atoms with Gasteiger partial charge in [0.15, 0.2) is 0 Å². The minimum absolute atomic E-state index is 0.696. The first-order valence-electron chi connectivity index (χ1n) is 7.23. The fourth-order valence-electron chi connectivity index (χ4n) is 2.38. The average Bonchev–Trinajstić information content (AvgIpc) is 2.94. The Bertz CT molecular complexity index is 769. The molecule has 1 aromatic heterocycles. The molecule has 5 heteroatoms. The Morgan fingerprint density at radius 1 is 1.23 bits per heavy atom. The fraction of sp³-hybridized carbons (Fsp3) is 0.235. The third kappa shape index (κ3) is 3.40. The predicted molar refractivity (Wildman–Crippen MR) is 89.5 cm³/mol. The minimum Gasteiger partial charge on any atom is -0.497 e. The van der Waals surface area contributed by atoms with Crippen molar-refractivity contribution >= 4 is 22.6 Å². The van der Waals surface area contributed by atoms with Gasteiger partial charge in [0, 0.05) is 11.1 Å². The van der Waals surface area contributed by atoms with E-state index in [1.54, 1.807) is 7.11 Å². The van der Waals surface area contributed by atoms with E-state index in [9.17, 15) is 0 Å². The fourth-order valence-corrected chi connectivity index (χ4v) is 2.61. The molecule has 0 aliphatic heterocycles. The number of H-pyrrole nitrogens is 1. The predicted octanol–water partition coefficient (Wildman–Crippen LogP) is 3.56. The van der Waals surface area contributed by atoms with E-state index < -0.39 is 0 Å². The zero-order chi connectivity index (χ0) is 15.4. The molecule has 2 aromatic carbocycles. The zero-order valence-electron chi connectivity index (χ0n) is 12.4. The van der Waals surface area contributed by atoms with Gasteiger partial charge in [0.2, 0.25) is 0 Å². The lowest BCUT2D eigenvalue weighted by atomic mass is 10.1. The summed E-state index contributed by atoms with van der Waals surface area (Å²) in [6.45, 7) is 1.55. The number of halogens is 1. The number of hydrogen-bond acceptors (Lipinski definition) is 3. The summed E-state index contributed by atoms with van der Waals surface area (Å²) in [5.74, 6) is 1.75. The summed E-state index contributed by atoms with van der Waals surface area (Å²) in [5, 5.41) is 4.20. The van der Waals surface area contributed by atoms with Gasteiger partial charge in [0.25, 0.3) is 0 Å². The van der Waals surface area contributed by atoms with E-state index in [1.165, 1.54) is 0 Å². The Hall–Kier alpha value is -2.04. The first kappa shape index (κ1) is 14.9. The van der Waals surface area contributed by atoms with E-state index in [-0.39, 0.29) is 0 Å². The number of aromatic amines is 1. The lowest BCUT2D eigenvalue weighted by molar-refractivity contribution is 0.415. The molecule has 0 atom stereocenters. The normalized spacial score (nSPS) is 11.0. The molecule has 0 unspecified atom stereocenters. The first-order valence-corrected chi connectivity index (χ1v) is 7.61. The number of imidazole rings is 1. The molecular weight excluding hydrogens is 298 g/mol. The molecule has 0 amide bonds. The van der Waals surface area contributed by atoms with Crippen molar-refractivity contribution in [2.24, 2.45) is 0 Å². The molecule has 1 heterocycles. The molecule has 0 bridgehead atoms. The van der Waals surface area contributed by atoms with Crippen LogP contribution in [0.5, 0.6) is 5.75 Å². The highest BCUT2D eigenvalue weighted by Crippen LogP contribution is 2.18. The zero-order valence-corrected chi connectivity index (χ0v) is 13.2. The Morgan fingerprint density at radius 3 is 2.91 bits per heavy atom. The highest BCUT2D eigenvalue weighted by atomic mass is 35.5. The van der Waals surface area contributed by atoms with Crippen LogP contribution in [-0.4, -0.2) is 23.6 Å². The molecule has 22 heavy (non-hydrogen) atoms. The molecule has 0 aliphatic rings. The van der Waals surface area contributed by atoms with Crippen molar-refractivity contribution in [3.05, 3.63) is 58.9 Å². The maximum absolute atomic E-state index is 6.14. The lowest BCUT2D eigenvalue weighted by Gasteiger charge is -2.04. The van der Waals surface area contributed by atoms with Crippen molar-refractivity contribution < 1.29 is 4.74 Å². The molecule has 3 aromatic rings. The van der Waals surface area contributed by atoms with Gasteiger partial charge in [-0.05, 0) is 36.7 Å². The number of fused-ring (bicyclic) bond motifs is 1. The standard InChI is InChI=1S/C17H18ClN3O/c1-22-13-6-7-15-16(10-13)21-17(20-15)11-19-9-8-12-4-2-3-5-14(12)18/h2-7,10,19H,8-9,11H2,1H3,(H,20,21). The van der Waals surface area contributed by atoms with E-state index in [0.29, 0.717) is 6.54 Å². The van der Waals surface area contributed by atoms with Gasteiger partial charge in [0.1, 0.15) is 11.6 Å². The number of rotatable bonds is 6. The highest BCUT2D eigenvalue weighted by molar-refractivity contribution is 6.31. The third-order valence-corrected chi connectivity index (χ3v) is 3.93. The Labute approximate surface area is 134 Å². The van der Waals surface area contributed by atoms with Crippen LogP contribution >= 0.6 is 11.6 Å². The van der Waals surface area contributed by atoms with Crippen LogP contribution in [0.15, 0.2) is 42.5 Å². The van der Waals surface area contributed by atoms with Crippen LogP contribution in [0.25, 0.3) is 11.0 Å². The minimum atomic E-state index is 0.696. The molecular formula is C17H18ClN3O. The van der Waals surface area contributed by atoms with Crippen molar-refractivity contribution in [1.29, 1.82) is 0 Å². The molecule has 0 spiro atoms. The van der Waals surface area contributed by atoms with E-state index in [1.807, 2.05) is 36.4 Å². The van der Waals surface area contributed by atoms with Crippen molar-refractivity contribution in [1.82, 2.24) is 15.3 Å². The first-order chi connectivity index (χ1) is 10.8. The number of methoxy groups -OCH3 is 1. The molecule has 114 valence electrons. The maximum Gasteiger partial charge on any atom is 0.121 e. The number of aromatic nitrogens is 2. The number of nitrogens with zero attached hydrogens (tertiary/aromatic N) is 1. The molecule has 3 rings (SSSR count). The Morgan fingerprint density at radius 2 is 2.09 bits per heavy atom. The quantitative estimate of drug-likeness (QED) is 0.684. The van der Waals surface area contributed by atoms with Crippen LogP contribution in [0.4, 0.5) is 0 Å². The SMILES string of the molecule is COc1ccc2nc(CNCCc3ccccc3Cl)[nH]c2c1. The van der Waals surface area contributed by atoms with Gasteiger partial charge >= 0.3 is 0 Å². The van der Waals surface area contributed by atoms with E-state index in [4.69, 9.17) is 16.3 Å². The van der Waals surface area contributed by atoms with Gasteiger partial charge in [-0.25, -0.2) is 4.98 Å². The molecule has 0 aliphatic carbocycles. The van der Waals surface area contributed by atoms with Crippen molar-refractivity contribution in [2.75, 3.05) is 13.7 Å². The Balaban J connectivity index is 1.56. The van der Waals surface area contributed by atoms with Crippen molar-refractivity contribution in [3.63, 3.8) is 0 Å². The topological polar surface area (TPSA) is 49.9 Å². The largest absolute Gasteiger partial charge is 0.497 e. The molecule has 0 fully saturated rings. The summed E-state index contributed by atoms with van der Waals surface area (Å²) in [6, 6.07) is 13.8. The van der Waals surface area contributed by atoms with Crippen LogP contribution in [0.2, 0.25) is 5.02 Å². The lowest BCUT2D eigenvalue weighted by Crippen LogP contribution is -2.17. The third-order valence-electron chi connectivity index (χ3n) is 3.56. The van der Waals surface area contributed by atoms with Crippen LogP contribution < -0.4 is 10.1 Å². The average molecular weight is 316 g/mol. The summed E-state index contributed by atoms with van der Waals surface area (Å²) in [5.41, 5.74) is 3.09. The smallest absolute Gasteiger partial charge is 0.121 e. The molecule has 2 N–H and O–H groups in total. The van der Waals surface area contributed by atoms with E-state index in [0.717, 1.165) is 46.2 Å². The number of hydrogen-bond donors (Lipinski definition) is 2. The second-order valence-electron chi connectivity index (χ2n) is 5.08. The molecule has 0 saturated carbocycles. The van der Waals surface area contributed by atoms with E-state index in [2.05, 4.69) is 21.4 Å². The van der Waals surface area contributed by atoms with Gasteiger partial charge in [-0.3, -0.25) is 0 Å². The summed E-state index contributed by atoms with van der Waals surface area (Å²) >= 11 is 6.14. The van der Waals surface area contributed by atoms with Gasteiger partial charge in [0.05, 0.1) is 24.7 Å². The summed E-state index contributed by atoms with van der Waals surface area (Å²) < 4.78 is 5.21. The second-order valence-corrected chi connectivity index (χ2v) is 5.49. The van der Waals surface area contributed by atoms with Gasteiger partial charge in [-0.15, -0.1) is 0 Å². The van der Waals surface area contributed by atoms with Gasteiger partial charge in [-0.1, -0.05) is 29.8 Å². The summed E-state index contributed by atoms with van der Waals surface area (Å²) in [6.07, 6.45) is 0.897. The Kier molecular flexibility index (Phi) is 4.61. The monoisotopic (exact) mass is 315 g/mol. The van der Waals surface area contributed by atoms with Crippen LogP contribution in [0.3, 0.4) is 0 Å². The summed E-state index contributed by atoms with van der Waals surface area (Å²) in [4.78, 5) is 7.85. The number of benzene rings is 2. The number of ether oxygens (including phenoxy) is 1. The molecule has 0 saturated heterocycles. The van der Waals surface area contributed by atoms with E-state index >= 15 is 0 Å². The summed E-state index contributed by atoms with van der Waals surface area (Å²) in [7, 11) is 1.66. The van der Waals surface area contributed by atoms with Crippen LogP contribution in [0.1, 0.15) is 11.4 Å². The second kappa shape index (κ2) is 6.81. The van der Waals surface area contributed by atoms with Gasteiger partial charge < -0.3 is 15.0 Å². The van der Waals surface area contributed by atoms with Gasteiger partial charge in [-0.2, -0.15) is 0 Å². The van der Waals surface area contributed by atoms with Crippen molar-refractivity contribution in [2.45, 2.75) is 13.0 Å². The maximum atomic E-state index is 6.14. The van der Waals surface area contributed by atoms with Crippen molar-refractivity contribution in [3.8, 4) is 5.75 Å². The highest BCUT2D eigenvalue weighted by Gasteiger charge is 2.04. The molecule has 4 nitrogen and oxygen atoms in total. The number of nitrogens with one attached hydrogen (secondary N) is 2. The van der Waals surface area contributed by atoms with Crippen LogP contribution in [-0.2, 0) is 13.0 Å². The van der Waals surface area contributed by atoms with Crippen LogP contribution in [0, 0.1) is 0 Å².